The van der Waals surface area contributed by atoms with Crippen LogP contribution in [0.1, 0.15) is 27.7 Å². The molecule has 2 N–H and O–H groups in total. The summed E-state index contributed by atoms with van der Waals surface area (Å²) in [6.07, 6.45) is 0.0783. The number of aromatic nitrogens is 1. The highest BCUT2D eigenvalue weighted by molar-refractivity contribution is 7.14. The number of benzene rings is 2. The van der Waals surface area contributed by atoms with Crippen molar-refractivity contribution in [3.63, 3.8) is 0 Å². The second-order valence-electron chi connectivity index (χ2n) is 7.93. The molecule has 0 spiro atoms. The van der Waals surface area contributed by atoms with Gasteiger partial charge >= 0.3 is 12.0 Å². The van der Waals surface area contributed by atoms with Crippen molar-refractivity contribution in [1.82, 2.24) is 15.2 Å². The molecule has 4 amide bonds. The Labute approximate surface area is 209 Å². The number of methoxy groups -OCH3 is 1. The third-order valence-corrected chi connectivity index (χ3v) is 6.47. The van der Waals surface area contributed by atoms with Crippen molar-refractivity contribution in [1.29, 1.82) is 0 Å². The van der Waals surface area contributed by atoms with Crippen molar-refractivity contribution in [2.24, 2.45) is 0 Å². The second-order valence-corrected chi connectivity index (χ2v) is 8.79. The highest BCUT2D eigenvalue weighted by Gasteiger charge is 2.45. The molecule has 1 saturated heterocycles. The van der Waals surface area contributed by atoms with E-state index in [1.807, 2.05) is 6.07 Å². The number of thiazole rings is 1. The highest BCUT2D eigenvalue weighted by atomic mass is 32.1. The molecule has 0 radical (unpaired) electrons. The molecule has 5 rings (SSSR count). The molecule has 2 aliphatic heterocycles. The smallest absolute Gasteiger partial charge is 0.357 e. The molecule has 0 bridgehead atoms. The van der Waals surface area contributed by atoms with Gasteiger partial charge in [0.05, 0.1) is 7.11 Å². The Hall–Kier alpha value is -4.45. The number of nitrogens with one attached hydrogen (secondary N) is 2. The quantitative estimate of drug-likeness (QED) is 0.367. The van der Waals surface area contributed by atoms with E-state index in [1.54, 1.807) is 42.5 Å². The highest BCUT2D eigenvalue weighted by Crippen LogP contribution is 2.36. The first-order chi connectivity index (χ1) is 17.4. The lowest BCUT2D eigenvalue weighted by Crippen LogP contribution is -2.49. The topological polar surface area (TPSA) is 136 Å². The molecule has 2 aromatic carbocycles. The fraction of sp³-hybridized carbons (Fsp3) is 0.208. The number of anilines is 1. The first kappa shape index (κ1) is 23.3. The predicted molar refractivity (Wildman–Crippen MR) is 127 cm³/mol. The molecule has 184 valence electrons. The summed E-state index contributed by atoms with van der Waals surface area (Å²) in [5.41, 5.74) is 1.29. The zero-order chi connectivity index (χ0) is 25.2. The number of amides is 4. The van der Waals surface area contributed by atoms with Crippen LogP contribution in [-0.4, -0.2) is 53.6 Å². The number of esters is 1. The fourth-order valence-corrected chi connectivity index (χ4v) is 4.65. The van der Waals surface area contributed by atoms with Gasteiger partial charge in [0, 0.05) is 11.8 Å². The number of fused-ring (bicyclic) bond motifs is 1. The molecule has 2 aliphatic rings. The van der Waals surface area contributed by atoms with Gasteiger partial charge in [-0.1, -0.05) is 36.4 Å². The predicted octanol–water partition coefficient (Wildman–Crippen LogP) is 2.50. The molecule has 0 aliphatic carbocycles. The molecule has 3 aromatic rings. The number of nitrogens with zero attached hydrogens (tertiary/aromatic N) is 2. The van der Waals surface area contributed by atoms with Crippen LogP contribution < -0.4 is 20.1 Å². The van der Waals surface area contributed by atoms with Crippen LogP contribution in [0.2, 0.25) is 0 Å². The maximum absolute atomic E-state index is 13.5. The summed E-state index contributed by atoms with van der Waals surface area (Å²) >= 11 is 1.02. The lowest BCUT2D eigenvalue weighted by atomic mass is 10.0. The Morgan fingerprint density at radius 2 is 1.97 bits per heavy atom. The monoisotopic (exact) mass is 508 g/mol. The maximum Gasteiger partial charge on any atom is 0.357 e. The number of carbonyl (C=O) groups excluding carboxylic acids is 4. The number of carbonyl (C=O) groups is 4. The molecule has 2 atom stereocenters. The molecule has 2 unspecified atom stereocenters. The van der Waals surface area contributed by atoms with Crippen molar-refractivity contribution < 1.29 is 33.4 Å². The van der Waals surface area contributed by atoms with Crippen LogP contribution >= 0.6 is 11.3 Å². The van der Waals surface area contributed by atoms with Crippen LogP contribution in [-0.2, 0) is 20.7 Å². The van der Waals surface area contributed by atoms with Crippen LogP contribution in [0.15, 0.2) is 53.9 Å². The number of imide groups is 1. The Morgan fingerprint density at radius 1 is 1.19 bits per heavy atom. The van der Waals surface area contributed by atoms with E-state index in [9.17, 15) is 19.2 Å². The molecule has 36 heavy (non-hydrogen) atoms. The standard InChI is InChI=1S/C24H20N4O7S/c1-33-22(31)15-11-36-23(25-15)27-20(29)16(9-13-5-3-2-4-6-13)28-21(30)19(26-24(28)32)14-7-8-17-18(10-14)35-12-34-17/h2-8,10-11,16,19H,9,12H2,1H3,(H,26,32)(H,25,27,29). The van der Waals surface area contributed by atoms with Gasteiger partial charge in [-0.2, -0.15) is 0 Å². The number of rotatable bonds is 7. The van der Waals surface area contributed by atoms with Crippen molar-refractivity contribution in [3.05, 3.63) is 70.7 Å². The summed E-state index contributed by atoms with van der Waals surface area (Å²) in [6, 6.07) is 11.1. The number of hydrogen-bond acceptors (Lipinski definition) is 9. The molecule has 1 fully saturated rings. The van der Waals surface area contributed by atoms with E-state index in [0.29, 0.717) is 17.1 Å². The van der Waals surface area contributed by atoms with Gasteiger partial charge in [-0.15, -0.1) is 11.3 Å². The third-order valence-electron chi connectivity index (χ3n) is 5.72. The lowest BCUT2D eigenvalue weighted by molar-refractivity contribution is -0.134. The lowest BCUT2D eigenvalue weighted by Gasteiger charge is -2.24. The minimum absolute atomic E-state index is 0.0373. The number of ether oxygens (including phenoxy) is 3. The van der Waals surface area contributed by atoms with Crippen molar-refractivity contribution in [2.75, 3.05) is 19.2 Å². The summed E-state index contributed by atoms with van der Waals surface area (Å²) in [4.78, 5) is 56.5. The van der Waals surface area contributed by atoms with E-state index in [2.05, 4.69) is 20.4 Å². The zero-order valence-electron chi connectivity index (χ0n) is 18.9. The maximum atomic E-state index is 13.5. The Bertz CT molecular complexity index is 1340. The summed E-state index contributed by atoms with van der Waals surface area (Å²) < 4.78 is 15.3. The molecule has 11 nitrogen and oxygen atoms in total. The van der Waals surface area contributed by atoms with Crippen molar-refractivity contribution >= 4 is 40.3 Å². The van der Waals surface area contributed by atoms with Gasteiger partial charge in [0.1, 0.15) is 12.1 Å². The fourth-order valence-electron chi connectivity index (χ4n) is 3.96. The van der Waals surface area contributed by atoms with E-state index in [-0.39, 0.29) is 24.0 Å². The average molecular weight is 509 g/mol. The van der Waals surface area contributed by atoms with Crippen molar-refractivity contribution in [2.45, 2.75) is 18.5 Å². The van der Waals surface area contributed by atoms with E-state index in [0.717, 1.165) is 21.8 Å². The summed E-state index contributed by atoms with van der Waals surface area (Å²) in [5, 5.41) is 6.86. The van der Waals surface area contributed by atoms with Crippen LogP contribution in [0.4, 0.5) is 9.93 Å². The first-order valence-electron chi connectivity index (χ1n) is 10.9. The third kappa shape index (κ3) is 4.45. The Morgan fingerprint density at radius 3 is 2.75 bits per heavy atom. The van der Waals surface area contributed by atoms with Crippen molar-refractivity contribution in [3.8, 4) is 11.5 Å². The average Bonchev–Trinajstić information content (AvgIpc) is 3.61. The van der Waals surface area contributed by atoms with Gasteiger partial charge in [-0.25, -0.2) is 19.5 Å². The number of hydrogen-bond donors (Lipinski definition) is 2. The van der Waals surface area contributed by atoms with Gasteiger partial charge in [-0.05, 0) is 23.3 Å². The number of urea groups is 1. The molecular weight excluding hydrogens is 488 g/mol. The molecule has 1 aromatic heterocycles. The van der Waals surface area contributed by atoms with Gasteiger partial charge in [0.15, 0.2) is 22.3 Å². The minimum Gasteiger partial charge on any atom is -0.464 e. The van der Waals surface area contributed by atoms with E-state index in [4.69, 9.17) is 9.47 Å². The molecular formula is C24H20N4O7S. The molecule has 0 saturated carbocycles. The van der Waals surface area contributed by atoms with Gasteiger partial charge in [-0.3, -0.25) is 9.59 Å². The van der Waals surface area contributed by atoms with E-state index in [1.165, 1.54) is 12.5 Å². The van der Waals surface area contributed by atoms with E-state index >= 15 is 0 Å². The molecule has 12 heteroatoms. The summed E-state index contributed by atoms with van der Waals surface area (Å²) in [5.74, 6) is -0.836. The minimum atomic E-state index is -1.18. The van der Waals surface area contributed by atoms with E-state index < -0.39 is 35.9 Å². The van der Waals surface area contributed by atoms with Crippen LogP contribution in [0.5, 0.6) is 11.5 Å². The first-order valence-corrected chi connectivity index (χ1v) is 11.7. The largest absolute Gasteiger partial charge is 0.464 e. The Balaban J connectivity index is 1.42. The second kappa shape index (κ2) is 9.66. The SMILES string of the molecule is COC(=O)c1csc(NC(=O)C(Cc2ccccc2)N2C(=O)NC(c3ccc4c(c3)OCO4)C2=O)n1. The van der Waals surface area contributed by atoms with Gasteiger partial charge in [0.2, 0.25) is 12.7 Å². The van der Waals surface area contributed by atoms with Crippen LogP contribution in [0, 0.1) is 0 Å². The van der Waals surface area contributed by atoms with Crippen LogP contribution in [0.3, 0.4) is 0 Å². The van der Waals surface area contributed by atoms with Gasteiger partial charge in [0.25, 0.3) is 5.91 Å². The Kier molecular flexibility index (Phi) is 6.25. The van der Waals surface area contributed by atoms with Gasteiger partial charge < -0.3 is 24.8 Å². The molecule has 3 heterocycles. The normalized spacial score (nSPS) is 17.0. The van der Waals surface area contributed by atoms with Crippen LogP contribution in [0.25, 0.3) is 0 Å². The zero-order valence-corrected chi connectivity index (χ0v) is 19.7. The summed E-state index contributed by atoms with van der Waals surface area (Å²) in [6.45, 7) is 0.0731. The summed E-state index contributed by atoms with van der Waals surface area (Å²) in [7, 11) is 1.23.